The van der Waals surface area contributed by atoms with E-state index in [1.54, 1.807) is 0 Å². The molecule has 0 aromatic heterocycles. The molecule has 0 heterocycles. The molecule has 1 aliphatic rings. The van der Waals surface area contributed by atoms with Crippen molar-refractivity contribution in [1.29, 1.82) is 0 Å². The maximum absolute atomic E-state index is 5.71. The van der Waals surface area contributed by atoms with E-state index in [1.165, 1.54) is 5.57 Å². The average molecular weight is 195 g/mol. The van der Waals surface area contributed by atoms with Gasteiger partial charge in [-0.2, -0.15) is 0 Å². The van der Waals surface area contributed by atoms with Gasteiger partial charge in [0.2, 0.25) is 0 Å². The van der Waals surface area contributed by atoms with Crippen molar-refractivity contribution >= 4 is 0 Å². The van der Waals surface area contributed by atoms with Gasteiger partial charge >= 0.3 is 0 Å². The SMILES string of the molecule is CC(C)C1=C(OCCCN)C=CCC1. The maximum atomic E-state index is 5.71. The second-order valence-electron chi connectivity index (χ2n) is 3.98. The Labute approximate surface area is 86.8 Å². The van der Waals surface area contributed by atoms with Gasteiger partial charge in [-0.15, -0.1) is 0 Å². The normalized spacial score (nSPS) is 16.6. The Kier molecular flexibility index (Phi) is 4.74. The van der Waals surface area contributed by atoms with Crippen LogP contribution in [0.3, 0.4) is 0 Å². The first kappa shape index (κ1) is 11.3. The molecular weight excluding hydrogens is 174 g/mol. The number of hydrogen-bond acceptors (Lipinski definition) is 2. The number of allylic oxidation sites excluding steroid dienone is 3. The largest absolute Gasteiger partial charge is 0.494 e. The second-order valence-corrected chi connectivity index (χ2v) is 3.98. The Hall–Kier alpha value is -0.760. The van der Waals surface area contributed by atoms with Gasteiger partial charge in [0.1, 0.15) is 5.76 Å². The van der Waals surface area contributed by atoms with Crippen LogP contribution in [0.1, 0.15) is 33.1 Å². The molecule has 14 heavy (non-hydrogen) atoms. The van der Waals surface area contributed by atoms with Crippen LogP contribution in [0.15, 0.2) is 23.5 Å². The minimum atomic E-state index is 0.591. The second kappa shape index (κ2) is 5.86. The number of ether oxygens (including phenoxy) is 1. The molecule has 80 valence electrons. The molecule has 2 nitrogen and oxygen atoms in total. The van der Waals surface area contributed by atoms with Crippen LogP contribution in [-0.2, 0) is 4.74 Å². The van der Waals surface area contributed by atoms with E-state index in [4.69, 9.17) is 10.5 Å². The van der Waals surface area contributed by atoms with E-state index in [1.807, 2.05) is 0 Å². The van der Waals surface area contributed by atoms with Gasteiger partial charge in [-0.3, -0.25) is 0 Å². The van der Waals surface area contributed by atoms with Crippen LogP contribution in [-0.4, -0.2) is 13.2 Å². The number of hydrogen-bond donors (Lipinski definition) is 1. The van der Waals surface area contributed by atoms with Crippen LogP contribution in [0.25, 0.3) is 0 Å². The molecule has 1 aliphatic carbocycles. The maximum Gasteiger partial charge on any atom is 0.118 e. The van der Waals surface area contributed by atoms with E-state index in [0.29, 0.717) is 12.5 Å². The highest BCUT2D eigenvalue weighted by molar-refractivity contribution is 5.25. The lowest BCUT2D eigenvalue weighted by molar-refractivity contribution is 0.214. The molecule has 0 bridgehead atoms. The molecule has 0 amide bonds. The van der Waals surface area contributed by atoms with Crippen LogP contribution < -0.4 is 5.73 Å². The molecule has 0 aliphatic heterocycles. The fourth-order valence-electron chi connectivity index (χ4n) is 1.64. The Morgan fingerprint density at radius 3 is 2.93 bits per heavy atom. The highest BCUT2D eigenvalue weighted by Crippen LogP contribution is 2.26. The third-order valence-corrected chi connectivity index (χ3v) is 2.47. The Morgan fingerprint density at radius 2 is 2.29 bits per heavy atom. The molecule has 0 saturated heterocycles. The van der Waals surface area contributed by atoms with Crippen LogP contribution >= 0.6 is 0 Å². The molecule has 2 N–H and O–H groups in total. The first-order chi connectivity index (χ1) is 6.75. The van der Waals surface area contributed by atoms with Crippen molar-refractivity contribution in [2.75, 3.05) is 13.2 Å². The monoisotopic (exact) mass is 195 g/mol. The molecule has 0 aromatic rings. The van der Waals surface area contributed by atoms with Crippen molar-refractivity contribution in [2.45, 2.75) is 33.1 Å². The molecule has 0 aromatic carbocycles. The fourth-order valence-corrected chi connectivity index (χ4v) is 1.64. The van der Waals surface area contributed by atoms with E-state index in [0.717, 1.165) is 31.6 Å². The molecule has 0 saturated carbocycles. The lowest BCUT2D eigenvalue weighted by Crippen LogP contribution is -2.08. The standard InChI is InChI=1S/C12H21NO/c1-10(2)11-6-3-4-7-12(11)14-9-5-8-13/h4,7,10H,3,5-6,8-9,13H2,1-2H3. The van der Waals surface area contributed by atoms with E-state index in [9.17, 15) is 0 Å². The van der Waals surface area contributed by atoms with E-state index < -0.39 is 0 Å². The quantitative estimate of drug-likeness (QED) is 0.684. The van der Waals surface area contributed by atoms with Gasteiger partial charge in [-0.05, 0) is 43.4 Å². The highest BCUT2D eigenvalue weighted by atomic mass is 16.5. The zero-order chi connectivity index (χ0) is 10.4. The van der Waals surface area contributed by atoms with Crippen LogP contribution in [0, 0.1) is 5.92 Å². The molecule has 2 heteroatoms. The summed E-state index contributed by atoms with van der Waals surface area (Å²) in [7, 11) is 0. The molecule has 0 atom stereocenters. The first-order valence-electron chi connectivity index (χ1n) is 5.48. The summed E-state index contributed by atoms with van der Waals surface area (Å²) in [5.41, 5.74) is 6.87. The fraction of sp³-hybridized carbons (Fsp3) is 0.667. The van der Waals surface area contributed by atoms with Gasteiger partial charge in [0.25, 0.3) is 0 Å². The highest BCUT2D eigenvalue weighted by Gasteiger charge is 2.12. The summed E-state index contributed by atoms with van der Waals surface area (Å²) in [6.45, 7) is 5.89. The van der Waals surface area contributed by atoms with Crippen LogP contribution in [0.2, 0.25) is 0 Å². The number of nitrogens with two attached hydrogens (primary N) is 1. The summed E-state index contributed by atoms with van der Waals surface area (Å²) < 4.78 is 5.71. The van der Waals surface area contributed by atoms with Crippen molar-refractivity contribution in [3.8, 4) is 0 Å². The number of rotatable bonds is 5. The molecule has 0 spiro atoms. The smallest absolute Gasteiger partial charge is 0.118 e. The zero-order valence-electron chi connectivity index (χ0n) is 9.25. The predicted octanol–water partition coefficient (Wildman–Crippen LogP) is 2.61. The summed E-state index contributed by atoms with van der Waals surface area (Å²) in [4.78, 5) is 0. The van der Waals surface area contributed by atoms with Crippen molar-refractivity contribution in [3.63, 3.8) is 0 Å². The van der Waals surface area contributed by atoms with Crippen molar-refractivity contribution in [1.82, 2.24) is 0 Å². The first-order valence-corrected chi connectivity index (χ1v) is 5.48. The van der Waals surface area contributed by atoms with Crippen molar-refractivity contribution in [2.24, 2.45) is 11.7 Å². The summed E-state index contributed by atoms with van der Waals surface area (Å²) in [6.07, 6.45) is 7.52. The molecular formula is C12H21NO. The molecule has 1 rings (SSSR count). The molecule has 0 fully saturated rings. The van der Waals surface area contributed by atoms with Gasteiger partial charge in [-0.25, -0.2) is 0 Å². The summed E-state index contributed by atoms with van der Waals surface area (Å²) in [5.74, 6) is 1.67. The lowest BCUT2D eigenvalue weighted by Gasteiger charge is -2.19. The third kappa shape index (κ3) is 3.18. The minimum Gasteiger partial charge on any atom is -0.494 e. The van der Waals surface area contributed by atoms with E-state index >= 15 is 0 Å². The van der Waals surface area contributed by atoms with E-state index in [-0.39, 0.29) is 0 Å². The van der Waals surface area contributed by atoms with Crippen molar-refractivity contribution in [3.05, 3.63) is 23.5 Å². The summed E-state index contributed by atoms with van der Waals surface area (Å²) in [6, 6.07) is 0. The van der Waals surface area contributed by atoms with Gasteiger partial charge in [-0.1, -0.05) is 19.9 Å². The van der Waals surface area contributed by atoms with E-state index in [2.05, 4.69) is 26.0 Å². The Balaban J connectivity index is 2.55. The minimum absolute atomic E-state index is 0.591. The van der Waals surface area contributed by atoms with Gasteiger partial charge in [0, 0.05) is 0 Å². The summed E-state index contributed by atoms with van der Waals surface area (Å²) in [5, 5.41) is 0. The van der Waals surface area contributed by atoms with Crippen LogP contribution in [0.5, 0.6) is 0 Å². The average Bonchev–Trinajstić information content (AvgIpc) is 2.19. The van der Waals surface area contributed by atoms with Crippen LogP contribution in [0.4, 0.5) is 0 Å². The van der Waals surface area contributed by atoms with Gasteiger partial charge < -0.3 is 10.5 Å². The van der Waals surface area contributed by atoms with Gasteiger partial charge in [0.15, 0.2) is 0 Å². The van der Waals surface area contributed by atoms with Crippen molar-refractivity contribution < 1.29 is 4.74 Å². The topological polar surface area (TPSA) is 35.2 Å². The molecule has 0 radical (unpaired) electrons. The predicted molar refractivity (Wildman–Crippen MR) is 59.9 cm³/mol. The lowest BCUT2D eigenvalue weighted by atomic mass is 9.94. The Bertz CT molecular complexity index is 228. The summed E-state index contributed by atoms with van der Waals surface area (Å²) >= 11 is 0. The Morgan fingerprint density at radius 1 is 1.50 bits per heavy atom. The van der Waals surface area contributed by atoms with Gasteiger partial charge in [0.05, 0.1) is 6.61 Å². The molecule has 0 unspecified atom stereocenters. The third-order valence-electron chi connectivity index (χ3n) is 2.47. The zero-order valence-corrected chi connectivity index (χ0v) is 9.25.